The first-order chi connectivity index (χ1) is 20.6. The number of unbranched alkanes of at least 4 members (excludes halogenated alkanes) is 14. The number of rotatable bonds is 27. The van der Waals surface area contributed by atoms with Crippen LogP contribution in [0.4, 0.5) is 0 Å². The van der Waals surface area contributed by atoms with Gasteiger partial charge in [-0.1, -0.05) is 148 Å². The number of ether oxygens (including phenoxy) is 2. The maximum absolute atomic E-state index is 12.8. The fraction of sp³-hybridized carbons (Fsp3) is 0.806. The second-order valence-corrected chi connectivity index (χ2v) is 18.6. The predicted octanol–water partition coefficient (Wildman–Crippen LogP) is 9.31. The summed E-state index contributed by atoms with van der Waals surface area (Å²) in [6.07, 6.45) is 19.5. The van der Waals surface area contributed by atoms with Crippen LogP contribution in [0.15, 0.2) is 30.3 Å². The Morgan fingerprint density at radius 1 is 0.837 bits per heavy atom. The molecule has 2 N–H and O–H groups in total. The molecule has 0 unspecified atom stereocenters. The standard InChI is InChI=1S/C36H67NO5Si/c1-7-8-9-10-11-12-13-14-15-16-17-18-19-20-24-27-35(39)37-33(28-38)34(30-42-43(5,6)36(2,3)4)41-31-40-29-32-25-22-21-23-26-32/h21-23,25-26,33-34,38H,7-20,24,27-31H2,1-6H3,(H,37,39)/t33-,34+/m0/s1. The van der Waals surface area contributed by atoms with Crippen LogP contribution in [0.2, 0.25) is 18.1 Å². The van der Waals surface area contributed by atoms with Gasteiger partial charge in [-0.05, 0) is 30.1 Å². The molecule has 0 saturated heterocycles. The Bertz CT molecular complexity index is 799. The number of benzene rings is 1. The van der Waals surface area contributed by atoms with Gasteiger partial charge in [-0.2, -0.15) is 0 Å². The molecule has 7 heteroatoms. The van der Waals surface area contributed by atoms with Gasteiger partial charge in [0.1, 0.15) is 12.9 Å². The van der Waals surface area contributed by atoms with E-state index in [1.54, 1.807) is 0 Å². The molecule has 0 bridgehead atoms. The zero-order valence-electron chi connectivity index (χ0n) is 28.8. The van der Waals surface area contributed by atoms with E-state index < -0.39 is 20.5 Å². The maximum Gasteiger partial charge on any atom is 0.220 e. The van der Waals surface area contributed by atoms with Crippen LogP contribution in [-0.2, 0) is 25.3 Å². The van der Waals surface area contributed by atoms with Crippen LogP contribution in [0.25, 0.3) is 0 Å². The SMILES string of the molecule is CCCCCCCCCCCCCCCCCC(=O)N[C@@H](CO)[C@@H](CO[Si](C)(C)C(C)(C)C)OCOCc1ccccc1. The largest absolute Gasteiger partial charge is 0.414 e. The van der Waals surface area contributed by atoms with Gasteiger partial charge in [0.05, 0.1) is 25.9 Å². The number of nitrogens with one attached hydrogen (secondary N) is 1. The van der Waals surface area contributed by atoms with Gasteiger partial charge in [0.25, 0.3) is 0 Å². The van der Waals surface area contributed by atoms with Crippen molar-refractivity contribution in [1.29, 1.82) is 0 Å². The maximum atomic E-state index is 12.8. The zero-order valence-corrected chi connectivity index (χ0v) is 29.8. The summed E-state index contributed by atoms with van der Waals surface area (Å²) in [4.78, 5) is 12.8. The van der Waals surface area contributed by atoms with Crippen molar-refractivity contribution in [2.45, 2.75) is 167 Å². The first-order valence-electron chi connectivity index (χ1n) is 17.4. The monoisotopic (exact) mass is 621 g/mol. The third kappa shape index (κ3) is 19.7. The Balaban J connectivity index is 2.33. The summed E-state index contributed by atoms with van der Waals surface area (Å²) in [6.45, 7) is 13.8. The molecule has 0 radical (unpaired) electrons. The van der Waals surface area contributed by atoms with Gasteiger partial charge in [0.15, 0.2) is 8.32 Å². The van der Waals surface area contributed by atoms with Crippen LogP contribution in [0.5, 0.6) is 0 Å². The second kappa shape index (κ2) is 24.0. The highest BCUT2D eigenvalue weighted by molar-refractivity contribution is 6.74. The lowest BCUT2D eigenvalue weighted by molar-refractivity contribution is -0.133. The Morgan fingerprint density at radius 2 is 1.35 bits per heavy atom. The van der Waals surface area contributed by atoms with Gasteiger partial charge in [-0.25, -0.2) is 0 Å². The summed E-state index contributed by atoms with van der Waals surface area (Å²) in [5, 5.41) is 13.3. The van der Waals surface area contributed by atoms with Gasteiger partial charge in [-0.3, -0.25) is 4.79 Å². The van der Waals surface area contributed by atoms with Crippen molar-refractivity contribution >= 4 is 14.2 Å². The minimum absolute atomic E-state index is 0.0418. The molecular weight excluding hydrogens is 554 g/mol. The lowest BCUT2D eigenvalue weighted by Gasteiger charge is -2.38. The molecule has 2 atom stereocenters. The molecule has 0 aliphatic heterocycles. The molecule has 6 nitrogen and oxygen atoms in total. The average Bonchev–Trinajstić information content (AvgIpc) is 2.97. The quantitative estimate of drug-likeness (QED) is 0.0582. The van der Waals surface area contributed by atoms with Crippen molar-refractivity contribution in [2.75, 3.05) is 20.0 Å². The van der Waals surface area contributed by atoms with Crippen LogP contribution in [-0.4, -0.2) is 51.5 Å². The normalized spacial score (nSPS) is 13.7. The van der Waals surface area contributed by atoms with Gasteiger partial charge in [0, 0.05) is 6.42 Å². The molecule has 1 amide bonds. The van der Waals surface area contributed by atoms with E-state index in [9.17, 15) is 9.90 Å². The highest BCUT2D eigenvalue weighted by Crippen LogP contribution is 2.36. The molecule has 0 aliphatic carbocycles. The van der Waals surface area contributed by atoms with Crippen LogP contribution in [0, 0.1) is 0 Å². The van der Waals surface area contributed by atoms with Crippen molar-refractivity contribution in [2.24, 2.45) is 0 Å². The molecule has 250 valence electrons. The summed E-state index contributed by atoms with van der Waals surface area (Å²) in [7, 11) is -2.04. The number of aliphatic hydroxyl groups excluding tert-OH is 1. The number of hydrogen-bond acceptors (Lipinski definition) is 5. The van der Waals surface area contributed by atoms with E-state index in [-0.39, 0.29) is 24.3 Å². The van der Waals surface area contributed by atoms with Gasteiger partial charge >= 0.3 is 0 Å². The lowest BCUT2D eigenvalue weighted by atomic mass is 10.0. The van der Waals surface area contributed by atoms with E-state index in [1.165, 1.54) is 83.5 Å². The molecular formula is C36H67NO5Si. The van der Waals surface area contributed by atoms with Gasteiger partial charge < -0.3 is 24.3 Å². The summed E-state index contributed by atoms with van der Waals surface area (Å²) in [5.41, 5.74) is 1.07. The van der Waals surface area contributed by atoms with Crippen molar-refractivity contribution in [3.05, 3.63) is 35.9 Å². The Morgan fingerprint density at radius 3 is 1.84 bits per heavy atom. The summed E-state index contributed by atoms with van der Waals surface area (Å²) in [5.74, 6) is -0.0418. The van der Waals surface area contributed by atoms with Crippen molar-refractivity contribution in [1.82, 2.24) is 5.32 Å². The van der Waals surface area contributed by atoms with Crippen LogP contribution in [0.1, 0.15) is 136 Å². The molecule has 1 aromatic rings. The fourth-order valence-corrected chi connectivity index (χ4v) is 5.86. The molecule has 0 spiro atoms. The van der Waals surface area contributed by atoms with E-state index >= 15 is 0 Å². The number of hydrogen-bond donors (Lipinski definition) is 2. The van der Waals surface area contributed by atoms with Crippen molar-refractivity contribution in [3.8, 4) is 0 Å². The van der Waals surface area contributed by atoms with Crippen molar-refractivity contribution < 1.29 is 23.8 Å². The van der Waals surface area contributed by atoms with E-state index in [4.69, 9.17) is 13.9 Å². The van der Waals surface area contributed by atoms with E-state index in [0.29, 0.717) is 19.6 Å². The third-order valence-corrected chi connectivity index (χ3v) is 13.4. The van der Waals surface area contributed by atoms with Gasteiger partial charge in [0.2, 0.25) is 5.91 Å². The van der Waals surface area contributed by atoms with E-state index in [1.807, 2.05) is 30.3 Å². The molecule has 43 heavy (non-hydrogen) atoms. The molecule has 0 aromatic heterocycles. The minimum Gasteiger partial charge on any atom is -0.414 e. The van der Waals surface area contributed by atoms with E-state index in [0.717, 1.165) is 18.4 Å². The minimum atomic E-state index is -2.04. The highest BCUT2D eigenvalue weighted by Gasteiger charge is 2.38. The molecule has 1 rings (SSSR count). The highest BCUT2D eigenvalue weighted by atomic mass is 28.4. The summed E-state index contributed by atoms with van der Waals surface area (Å²) < 4.78 is 18.2. The summed E-state index contributed by atoms with van der Waals surface area (Å²) >= 11 is 0. The molecule has 0 fully saturated rings. The molecule has 0 saturated carbocycles. The zero-order chi connectivity index (χ0) is 31.8. The van der Waals surface area contributed by atoms with Crippen LogP contribution >= 0.6 is 0 Å². The predicted molar refractivity (Wildman–Crippen MR) is 183 cm³/mol. The fourth-order valence-electron chi connectivity index (χ4n) is 4.85. The Labute approximate surface area is 266 Å². The van der Waals surface area contributed by atoms with Crippen LogP contribution < -0.4 is 5.32 Å². The number of carbonyl (C=O) groups is 1. The lowest BCUT2D eigenvalue weighted by Crippen LogP contribution is -2.51. The topological polar surface area (TPSA) is 77.0 Å². The van der Waals surface area contributed by atoms with Crippen LogP contribution in [0.3, 0.4) is 0 Å². The first kappa shape index (κ1) is 39.8. The van der Waals surface area contributed by atoms with E-state index in [2.05, 4.69) is 46.1 Å². The molecule has 1 aromatic carbocycles. The van der Waals surface area contributed by atoms with Gasteiger partial charge in [-0.15, -0.1) is 0 Å². The first-order valence-corrected chi connectivity index (χ1v) is 20.3. The number of amides is 1. The third-order valence-electron chi connectivity index (χ3n) is 8.89. The number of aliphatic hydroxyl groups is 1. The Hall–Kier alpha value is -1.25. The second-order valence-electron chi connectivity index (χ2n) is 13.8. The number of carbonyl (C=O) groups excluding carboxylic acids is 1. The Kier molecular flexibility index (Phi) is 22.2. The summed E-state index contributed by atoms with van der Waals surface area (Å²) in [6, 6.07) is 9.40. The molecule has 0 heterocycles. The van der Waals surface area contributed by atoms with Crippen molar-refractivity contribution in [3.63, 3.8) is 0 Å². The smallest absolute Gasteiger partial charge is 0.220 e. The molecule has 0 aliphatic rings. The average molecular weight is 622 g/mol.